The number of nitro benzene ring substituents is 1. The first-order chi connectivity index (χ1) is 22.6. The van der Waals surface area contributed by atoms with E-state index in [0.29, 0.717) is 11.5 Å². The third-order valence-electron chi connectivity index (χ3n) is 7.86. The van der Waals surface area contributed by atoms with Crippen LogP contribution in [0.2, 0.25) is 0 Å². The molecule has 5 aromatic rings. The number of Topliss-reactive ketones (excluding diaryl/α,β-unsaturated/α-hetero) is 1. The van der Waals surface area contributed by atoms with Crippen LogP contribution in [0.1, 0.15) is 64.2 Å². The zero-order valence-corrected chi connectivity index (χ0v) is 25.2. The molecule has 0 saturated heterocycles. The first-order valence-corrected chi connectivity index (χ1v) is 14.5. The van der Waals surface area contributed by atoms with Gasteiger partial charge >= 0.3 is 5.97 Å². The van der Waals surface area contributed by atoms with Crippen molar-refractivity contribution in [1.82, 2.24) is 0 Å². The molecule has 47 heavy (non-hydrogen) atoms. The lowest BCUT2D eigenvalue weighted by Crippen LogP contribution is -2.29. The molecule has 10 heteroatoms. The smallest absolute Gasteiger partial charge is 0.339 e. The molecule has 1 atom stereocenters. The van der Waals surface area contributed by atoms with Crippen molar-refractivity contribution in [2.45, 2.75) is 20.0 Å². The van der Waals surface area contributed by atoms with Gasteiger partial charge in [0.2, 0.25) is 5.78 Å². The Labute approximate surface area is 268 Å². The van der Waals surface area contributed by atoms with Crippen molar-refractivity contribution in [2.75, 3.05) is 4.90 Å². The molecule has 0 radical (unpaired) electrons. The van der Waals surface area contributed by atoms with Crippen LogP contribution in [0.3, 0.4) is 0 Å². The Bertz CT molecular complexity index is 2060. The highest BCUT2D eigenvalue weighted by atomic mass is 16.6. The number of anilines is 1. The third-order valence-corrected chi connectivity index (χ3v) is 7.86. The summed E-state index contributed by atoms with van der Waals surface area (Å²) in [5.74, 6) is -1.43. The van der Waals surface area contributed by atoms with Gasteiger partial charge in [0.25, 0.3) is 17.5 Å². The monoisotopic (exact) mass is 626 g/mol. The van der Waals surface area contributed by atoms with Gasteiger partial charge in [0, 0.05) is 23.3 Å². The second-order valence-electron chi connectivity index (χ2n) is 10.9. The van der Waals surface area contributed by atoms with Gasteiger partial charge in [-0.2, -0.15) is 0 Å². The van der Waals surface area contributed by atoms with E-state index < -0.39 is 34.6 Å². The lowest BCUT2D eigenvalue weighted by Gasteiger charge is -2.18. The van der Waals surface area contributed by atoms with Gasteiger partial charge in [0.15, 0.2) is 6.10 Å². The van der Waals surface area contributed by atoms with Gasteiger partial charge in [-0.3, -0.25) is 24.5 Å². The van der Waals surface area contributed by atoms with Gasteiger partial charge in [-0.15, -0.1) is 0 Å². The highest BCUT2D eigenvalue weighted by Gasteiger charge is 2.37. The van der Waals surface area contributed by atoms with Gasteiger partial charge in [0.05, 0.1) is 27.3 Å². The number of imide groups is 1. The molecule has 0 fully saturated rings. The largest absolute Gasteiger partial charge is 0.457 e. The van der Waals surface area contributed by atoms with Crippen LogP contribution < -0.4 is 9.64 Å². The summed E-state index contributed by atoms with van der Waals surface area (Å²) in [6.45, 7) is 3.96. The number of amides is 2. The quantitative estimate of drug-likeness (QED) is 0.0537. The topological polar surface area (TPSA) is 133 Å². The molecule has 0 bridgehead atoms. The van der Waals surface area contributed by atoms with Crippen LogP contribution in [0.25, 0.3) is 0 Å². The van der Waals surface area contributed by atoms with Crippen LogP contribution in [0, 0.1) is 24.0 Å². The van der Waals surface area contributed by atoms with Crippen LogP contribution in [-0.2, 0) is 4.74 Å². The number of benzene rings is 5. The second-order valence-corrected chi connectivity index (χ2v) is 10.9. The number of aryl methyl sites for hydroxylation is 2. The summed E-state index contributed by atoms with van der Waals surface area (Å²) >= 11 is 0. The van der Waals surface area contributed by atoms with E-state index in [-0.39, 0.29) is 39.2 Å². The normalized spacial score (nSPS) is 12.8. The van der Waals surface area contributed by atoms with Crippen molar-refractivity contribution in [3.8, 4) is 11.5 Å². The van der Waals surface area contributed by atoms with Crippen molar-refractivity contribution >= 4 is 34.9 Å². The molecule has 6 rings (SSSR count). The number of fused-ring (bicyclic) bond motifs is 1. The molecule has 0 aromatic heterocycles. The van der Waals surface area contributed by atoms with E-state index in [4.69, 9.17) is 9.47 Å². The number of esters is 1. The number of ketones is 1. The van der Waals surface area contributed by atoms with Crippen LogP contribution in [0.5, 0.6) is 11.5 Å². The molecule has 5 aromatic carbocycles. The molecule has 1 heterocycles. The summed E-state index contributed by atoms with van der Waals surface area (Å²) in [5.41, 5.74) is 3.22. The van der Waals surface area contributed by atoms with E-state index in [0.717, 1.165) is 16.0 Å². The fourth-order valence-electron chi connectivity index (χ4n) is 5.15. The number of hydrogen-bond donors (Lipinski definition) is 0. The van der Waals surface area contributed by atoms with Gasteiger partial charge in [0.1, 0.15) is 11.5 Å². The summed E-state index contributed by atoms with van der Waals surface area (Å²) in [7, 11) is 0. The van der Waals surface area contributed by atoms with E-state index >= 15 is 0 Å². The van der Waals surface area contributed by atoms with Crippen molar-refractivity contribution < 1.29 is 33.6 Å². The lowest BCUT2D eigenvalue weighted by molar-refractivity contribution is -0.384. The maximum atomic E-state index is 13.4. The maximum absolute atomic E-state index is 13.4. The molecular weight excluding hydrogens is 600 g/mol. The van der Waals surface area contributed by atoms with Crippen molar-refractivity contribution in [3.63, 3.8) is 0 Å². The van der Waals surface area contributed by atoms with Gasteiger partial charge < -0.3 is 9.47 Å². The third kappa shape index (κ3) is 6.12. The van der Waals surface area contributed by atoms with E-state index in [2.05, 4.69) is 0 Å². The van der Waals surface area contributed by atoms with E-state index in [1.54, 1.807) is 42.5 Å². The van der Waals surface area contributed by atoms with Crippen LogP contribution in [0.4, 0.5) is 11.4 Å². The molecule has 1 aliphatic heterocycles. The van der Waals surface area contributed by atoms with Crippen LogP contribution in [-0.4, -0.2) is 28.5 Å². The summed E-state index contributed by atoms with van der Waals surface area (Å²) in [6.07, 6.45) is -1.39. The zero-order valence-electron chi connectivity index (χ0n) is 25.2. The number of hydrogen-bond acceptors (Lipinski definition) is 8. The second kappa shape index (κ2) is 12.5. The Hall–Kier alpha value is -6.42. The molecule has 2 amide bonds. The van der Waals surface area contributed by atoms with E-state index in [9.17, 15) is 29.3 Å². The van der Waals surface area contributed by atoms with Crippen molar-refractivity contribution in [3.05, 3.63) is 164 Å². The van der Waals surface area contributed by atoms with E-state index in [1.165, 1.54) is 54.6 Å². The SMILES string of the molecule is Cc1ccc(Oc2ccc3c(c2)C(=O)N(c2ccc(C(=O)O[C@@H](C(=O)c4ccccc4)c4ccc([N+](=O)[O-])cc4)cc2)C3=O)cc1C. The Morgan fingerprint density at radius 3 is 2.00 bits per heavy atom. The summed E-state index contributed by atoms with van der Waals surface area (Å²) in [4.78, 5) is 64.9. The fraction of sp³-hybridized carbons (Fsp3) is 0.0811. The maximum Gasteiger partial charge on any atom is 0.339 e. The Kier molecular flexibility index (Phi) is 8.15. The minimum Gasteiger partial charge on any atom is -0.457 e. The van der Waals surface area contributed by atoms with Gasteiger partial charge in [-0.25, -0.2) is 9.69 Å². The minimum atomic E-state index is -1.39. The minimum absolute atomic E-state index is 0.0576. The first-order valence-electron chi connectivity index (χ1n) is 14.5. The molecule has 0 N–H and O–H groups in total. The first kappa shape index (κ1) is 30.6. The Balaban J connectivity index is 1.21. The molecule has 0 spiro atoms. The summed E-state index contributed by atoms with van der Waals surface area (Å²) in [5, 5.41) is 11.1. The average Bonchev–Trinajstić information content (AvgIpc) is 3.33. The number of nitro groups is 1. The van der Waals surface area contributed by atoms with Crippen molar-refractivity contribution in [1.29, 1.82) is 0 Å². The Morgan fingerprint density at radius 2 is 1.34 bits per heavy atom. The predicted octanol–water partition coefficient (Wildman–Crippen LogP) is 7.59. The Morgan fingerprint density at radius 1 is 0.702 bits per heavy atom. The zero-order chi connectivity index (χ0) is 33.2. The van der Waals surface area contributed by atoms with E-state index in [1.807, 2.05) is 32.0 Å². The summed E-state index contributed by atoms with van der Waals surface area (Å²) < 4.78 is 11.6. The molecular formula is C37H26N2O8. The highest BCUT2D eigenvalue weighted by molar-refractivity contribution is 6.34. The van der Waals surface area contributed by atoms with Crippen LogP contribution in [0.15, 0.2) is 115 Å². The number of non-ortho nitro benzene ring substituents is 1. The average molecular weight is 627 g/mol. The molecule has 0 aliphatic carbocycles. The predicted molar refractivity (Wildman–Crippen MR) is 172 cm³/mol. The van der Waals surface area contributed by atoms with Gasteiger partial charge in [-0.05, 0) is 91.7 Å². The number of rotatable bonds is 9. The fourth-order valence-corrected chi connectivity index (χ4v) is 5.15. The molecule has 10 nitrogen and oxygen atoms in total. The molecule has 0 saturated carbocycles. The molecule has 0 unspecified atom stereocenters. The standard InChI is InChI=1S/C37H26N2O8/c1-22-8-17-29(20-23(22)2)46-30-18-19-31-32(21-30)36(42)38(35(31)41)27-13-11-26(12-14-27)37(43)47-34(33(40)24-6-4-3-5-7-24)25-9-15-28(16-10-25)39(44)45/h3-21,34H,1-2H3/t34-/m1/s1. The van der Waals surface area contributed by atoms with Crippen LogP contribution >= 0.6 is 0 Å². The number of carbonyl (C=O) groups excluding carboxylic acids is 4. The summed E-state index contributed by atoms with van der Waals surface area (Å²) in [6, 6.07) is 29.4. The molecule has 1 aliphatic rings. The highest BCUT2D eigenvalue weighted by Crippen LogP contribution is 2.33. The number of carbonyl (C=O) groups is 4. The lowest BCUT2D eigenvalue weighted by atomic mass is 9.99. The van der Waals surface area contributed by atoms with Gasteiger partial charge in [-0.1, -0.05) is 36.4 Å². The number of nitrogens with zero attached hydrogens (tertiary/aromatic N) is 2. The number of ether oxygens (including phenoxy) is 2. The molecule has 232 valence electrons. The van der Waals surface area contributed by atoms with Crippen molar-refractivity contribution in [2.24, 2.45) is 0 Å².